The fourth-order valence-corrected chi connectivity index (χ4v) is 4.92. The van der Waals surface area contributed by atoms with Crippen molar-refractivity contribution in [2.45, 2.75) is 50.5 Å². The van der Waals surface area contributed by atoms with E-state index in [2.05, 4.69) is 30.4 Å². The second kappa shape index (κ2) is 6.95. The molecule has 0 bridgehead atoms. The maximum atomic E-state index is 11.8. The molecule has 1 saturated carbocycles. The standard InChI is InChI=1S/C20H26N2O3/c1-20(22-19(23)25-3)10-8-16-15-7-5-14(24-2)12-13(15)4-6-17(16)18(20)9-11-21/h5,7,12,16-18H,4,6,8-10H2,1-3H3,(H,22,23)/t16-,17-,18+,20+/m1/s1. The third-order valence-corrected chi connectivity index (χ3v) is 6.21. The van der Waals surface area contributed by atoms with Crippen LogP contribution >= 0.6 is 0 Å². The average Bonchev–Trinajstić information content (AvgIpc) is 2.63. The van der Waals surface area contributed by atoms with Gasteiger partial charge in [-0.1, -0.05) is 6.07 Å². The Balaban J connectivity index is 1.91. The summed E-state index contributed by atoms with van der Waals surface area (Å²) in [6.07, 6.45) is 3.92. The van der Waals surface area contributed by atoms with Gasteiger partial charge >= 0.3 is 6.09 Å². The van der Waals surface area contributed by atoms with Gasteiger partial charge in [0.05, 0.1) is 20.3 Å². The van der Waals surface area contributed by atoms with E-state index in [0.29, 0.717) is 18.3 Å². The number of alkyl carbamates (subject to hydrolysis) is 1. The fraction of sp³-hybridized carbons (Fsp3) is 0.600. The summed E-state index contributed by atoms with van der Waals surface area (Å²) in [5.41, 5.74) is 2.36. The van der Waals surface area contributed by atoms with Crippen LogP contribution in [0.1, 0.15) is 49.7 Å². The number of hydrogen-bond donors (Lipinski definition) is 1. The molecule has 0 heterocycles. The van der Waals surface area contributed by atoms with Gasteiger partial charge in [0.2, 0.25) is 0 Å². The van der Waals surface area contributed by atoms with Crippen molar-refractivity contribution in [2.24, 2.45) is 11.8 Å². The van der Waals surface area contributed by atoms with E-state index in [1.807, 2.05) is 6.07 Å². The number of carbonyl (C=O) groups excluding carboxylic acids is 1. The van der Waals surface area contributed by atoms with Crippen LogP contribution in [0.5, 0.6) is 5.75 Å². The summed E-state index contributed by atoms with van der Waals surface area (Å²) in [6.45, 7) is 2.06. The summed E-state index contributed by atoms with van der Waals surface area (Å²) in [5.74, 6) is 1.88. The minimum Gasteiger partial charge on any atom is -0.497 e. The number of fused-ring (bicyclic) bond motifs is 3. The lowest BCUT2D eigenvalue weighted by Gasteiger charge is -2.51. The molecule has 0 saturated heterocycles. The Hall–Kier alpha value is -2.22. The summed E-state index contributed by atoms with van der Waals surface area (Å²) >= 11 is 0. The van der Waals surface area contributed by atoms with Gasteiger partial charge in [-0.05, 0) is 73.6 Å². The summed E-state index contributed by atoms with van der Waals surface area (Å²) in [5, 5.41) is 12.4. The molecule has 0 aromatic heterocycles. The molecule has 134 valence electrons. The van der Waals surface area contributed by atoms with E-state index in [4.69, 9.17) is 9.47 Å². The first-order valence-corrected chi connectivity index (χ1v) is 8.92. The van der Waals surface area contributed by atoms with Gasteiger partial charge in [0.1, 0.15) is 5.75 Å². The van der Waals surface area contributed by atoms with Crippen LogP contribution in [-0.4, -0.2) is 25.9 Å². The highest BCUT2D eigenvalue weighted by atomic mass is 16.5. The number of methoxy groups -OCH3 is 2. The van der Waals surface area contributed by atoms with Crippen molar-refractivity contribution in [1.29, 1.82) is 5.26 Å². The second-order valence-corrected chi connectivity index (χ2v) is 7.42. The monoisotopic (exact) mass is 342 g/mol. The summed E-state index contributed by atoms with van der Waals surface area (Å²) in [4.78, 5) is 11.8. The molecular formula is C20H26N2O3. The number of ether oxygens (including phenoxy) is 2. The number of nitrogens with zero attached hydrogens (tertiary/aromatic N) is 1. The van der Waals surface area contributed by atoms with Crippen LogP contribution < -0.4 is 10.1 Å². The molecule has 1 N–H and O–H groups in total. The van der Waals surface area contributed by atoms with Crippen molar-refractivity contribution in [1.82, 2.24) is 5.32 Å². The Bertz CT molecular complexity index is 697. The maximum Gasteiger partial charge on any atom is 0.407 e. The molecule has 5 nitrogen and oxygen atoms in total. The van der Waals surface area contributed by atoms with Crippen molar-refractivity contribution in [3.05, 3.63) is 29.3 Å². The topological polar surface area (TPSA) is 71.3 Å². The third-order valence-electron chi connectivity index (χ3n) is 6.21. The zero-order chi connectivity index (χ0) is 18.0. The van der Waals surface area contributed by atoms with Crippen molar-refractivity contribution in [2.75, 3.05) is 14.2 Å². The number of aryl methyl sites for hydroxylation is 1. The number of nitriles is 1. The largest absolute Gasteiger partial charge is 0.497 e. The predicted octanol–water partition coefficient (Wildman–Crippen LogP) is 3.78. The molecule has 25 heavy (non-hydrogen) atoms. The molecule has 4 atom stereocenters. The predicted molar refractivity (Wildman–Crippen MR) is 94.4 cm³/mol. The van der Waals surface area contributed by atoms with Gasteiger partial charge in [0, 0.05) is 12.0 Å². The summed E-state index contributed by atoms with van der Waals surface area (Å²) in [6, 6.07) is 8.71. The van der Waals surface area contributed by atoms with Crippen molar-refractivity contribution in [3.8, 4) is 11.8 Å². The number of nitrogens with one attached hydrogen (secondary N) is 1. The Kier molecular flexibility index (Phi) is 4.89. The van der Waals surface area contributed by atoms with Gasteiger partial charge in [-0.15, -0.1) is 0 Å². The molecule has 3 rings (SSSR count). The van der Waals surface area contributed by atoms with E-state index < -0.39 is 11.6 Å². The van der Waals surface area contributed by atoms with E-state index in [1.165, 1.54) is 18.2 Å². The van der Waals surface area contributed by atoms with Crippen LogP contribution in [0.2, 0.25) is 0 Å². The number of amides is 1. The van der Waals surface area contributed by atoms with Crippen LogP contribution in [-0.2, 0) is 11.2 Å². The Morgan fingerprint density at radius 2 is 2.20 bits per heavy atom. The SMILES string of the molecule is COC(=O)N[C@@]1(C)CC[C@@H]2c3ccc(OC)cc3CC[C@H]2[C@@H]1CC#N. The fourth-order valence-electron chi connectivity index (χ4n) is 4.92. The average molecular weight is 342 g/mol. The Morgan fingerprint density at radius 1 is 1.40 bits per heavy atom. The second-order valence-electron chi connectivity index (χ2n) is 7.42. The molecule has 0 spiro atoms. The van der Waals surface area contributed by atoms with Crippen LogP contribution in [0.3, 0.4) is 0 Å². The summed E-state index contributed by atoms with van der Waals surface area (Å²) in [7, 11) is 3.08. The number of rotatable bonds is 3. The molecule has 1 aromatic carbocycles. The minimum atomic E-state index is -0.412. The molecule has 2 aliphatic carbocycles. The van der Waals surface area contributed by atoms with Gasteiger partial charge < -0.3 is 14.8 Å². The maximum absolute atomic E-state index is 11.8. The van der Waals surface area contributed by atoms with Gasteiger partial charge in [0.15, 0.2) is 0 Å². The highest BCUT2D eigenvalue weighted by molar-refractivity contribution is 5.68. The molecule has 0 unspecified atom stereocenters. The normalized spacial score (nSPS) is 30.4. The van der Waals surface area contributed by atoms with E-state index in [0.717, 1.165) is 31.4 Å². The lowest BCUT2D eigenvalue weighted by molar-refractivity contribution is 0.0652. The highest BCUT2D eigenvalue weighted by Crippen LogP contribution is 2.52. The first-order chi connectivity index (χ1) is 12.0. The minimum absolute atomic E-state index is 0.130. The van der Waals surface area contributed by atoms with Crippen molar-refractivity contribution < 1.29 is 14.3 Å². The van der Waals surface area contributed by atoms with E-state index >= 15 is 0 Å². The van der Waals surface area contributed by atoms with Crippen LogP contribution in [0, 0.1) is 23.2 Å². The number of carbonyl (C=O) groups is 1. The number of hydrogen-bond acceptors (Lipinski definition) is 4. The zero-order valence-electron chi connectivity index (χ0n) is 15.2. The molecular weight excluding hydrogens is 316 g/mol. The lowest BCUT2D eigenvalue weighted by atomic mass is 9.57. The quantitative estimate of drug-likeness (QED) is 0.907. The third kappa shape index (κ3) is 3.18. The molecule has 2 aliphatic rings. The van der Waals surface area contributed by atoms with Crippen LogP contribution in [0.25, 0.3) is 0 Å². The molecule has 1 fully saturated rings. The first kappa shape index (κ1) is 17.6. The van der Waals surface area contributed by atoms with Crippen molar-refractivity contribution >= 4 is 6.09 Å². The molecule has 1 amide bonds. The zero-order valence-corrected chi connectivity index (χ0v) is 15.2. The van der Waals surface area contributed by atoms with Gasteiger partial charge in [-0.25, -0.2) is 4.79 Å². The smallest absolute Gasteiger partial charge is 0.407 e. The van der Waals surface area contributed by atoms with Crippen LogP contribution in [0.15, 0.2) is 18.2 Å². The number of benzene rings is 1. The van der Waals surface area contributed by atoms with Gasteiger partial charge in [0.25, 0.3) is 0 Å². The van der Waals surface area contributed by atoms with E-state index in [9.17, 15) is 10.1 Å². The van der Waals surface area contributed by atoms with Crippen LogP contribution in [0.4, 0.5) is 4.79 Å². The highest BCUT2D eigenvalue weighted by Gasteiger charge is 2.49. The van der Waals surface area contributed by atoms with E-state index in [1.54, 1.807) is 7.11 Å². The van der Waals surface area contributed by atoms with Gasteiger partial charge in [-0.3, -0.25) is 0 Å². The Morgan fingerprint density at radius 3 is 2.88 bits per heavy atom. The molecule has 1 aromatic rings. The summed E-state index contributed by atoms with van der Waals surface area (Å²) < 4.78 is 10.2. The first-order valence-electron chi connectivity index (χ1n) is 8.92. The lowest BCUT2D eigenvalue weighted by Crippen LogP contribution is -2.57. The molecule has 0 radical (unpaired) electrons. The molecule has 5 heteroatoms. The Labute approximate surface area is 149 Å². The van der Waals surface area contributed by atoms with Crippen molar-refractivity contribution in [3.63, 3.8) is 0 Å². The van der Waals surface area contributed by atoms with Gasteiger partial charge in [-0.2, -0.15) is 5.26 Å². The van der Waals surface area contributed by atoms with E-state index in [-0.39, 0.29) is 5.92 Å². The molecule has 0 aliphatic heterocycles.